The van der Waals surface area contributed by atoms with Crippen LogP contribution in [-0.4, -0.2) is 36.5 Å². The molecule has 3 nitrogen and oxygen atoms in total. The molecule has 0 amide bonds. The zero-order chi connectivity index (χ0) is 11.4. The van der Waals surface area contributed by atoms with E-state index >= 15 is 0 Å². The van der Waals surface area contributed by atoms with Crippen molar-refractivity contribution in [3.05, 3.63) is 0 Å². The molecule has 2 N–H and O–H groups in total. The number of hydrogen-bond acceptors (Lipinski definition) is 3. The Bertz CT molecular complexity index is 210. The summed E-state index contributed by atoms with van der Waals surface area (Å²) in [5.74, 6) is 0.937. The number of rotatable bonds is 5. The van der Waals surface area contributed by atoms with Crippen molar-refractivity contribution in [2.45, 2.75) is 57.1 Å². The highest BCUT2D eigenvalue weighted by Gasteiger charge is 2.30. The van der Waals surface area contributed by atoms with Crippen LogP contribution < -0.4 is 5.32 Å². The van der Waals surface area contributed by atoms with Crippen molar-refractivity contribution in [2.24, 2.45) is 5.92 Å². The fourth-order valence-corrected chi connectivity index (χ4v) is 2.60. The second-order valence-corrected chi connectivity index (χ2v) is 5.65. The van der Waals surface area contributed by atoms with Gasteiger partial charge in [-0.1, -0.05) is 19.3 Å². The first-order valence-corrected chi connectivity index (χ1v) is 6.71. The molecule has 1 aliphatic heterocycles. The van der Waals surface area contributed by atoms with Crippen LogP contribution in [0.5, 0.6) is 0 Å². The molecule has 0 aromatic carbocycles. The van der Waals surface area contributed by atoms with Gasteiger partial charge in [0.15, 0.2) is 0 Å². The van der Waals surface area contributed by atoms with E-state index < -0.39 is 5.60 Å². The zero-order valence-electron chi connectivity index (χ0n) is 10.4. The summed E-state index contributed by atoms with van der Waals surface area (Å²) >= 11 is 0. The summed E-state index contributed by atoms with van der Waals surface area (Å²) in [6, 6.07) is 0.539. The van der Waals surface area contributed by atoms with Crippen LogP contribution >= 0.6 is 0 Å². The summed E-state index contributed by atoms with van der Waals surface area (Å²) in [5, 5.41) is 13.8. The van der Waals surface area contributed by atoms with Crippen molar-refractivity contribution in [2.75, 3.05) is 19.8 Å². The van der Waals surface area contributed by atoms with E-state index in [0.29, 0.717) is 19.3 Å². The van der Waals surface area contributed by atoms with E-state index in [1.165, 1.54) is 25.7 Å². The van der Waals surface area contributed by atoms with Crippen molar-refractivity contribution < 1.29 is 9.84 Å². The van der Waals surface area contributed by atoms with Crippen molar-refractivity contribution in [3.8, 4) is 0 Å². The number of nitrogens with one attached hydrogen (secondary N) is 1. The Morgan fingerprint density at radius 3 is 2.62 bits per heavy atom. The van der Waals surface area contributed by atoms with Crippen molar-refractivity contribution in [1.82, 2.24) is 5.32 Å². The molecular formula is C13H25NO2. The van der Waals surface area contributed by atoms with E-state index in [-0.39, 0.29) is 0 Å². The summed E-state index contributed by atoms with van der Waals surface area (Å²) in [7, 11) is 0. The van der Waals surface area contributed by atoms with E-state index in [4.69, 9.17) is 4.74 Å². The van der Waals surface area contributed by atoms with E-state index in [2.05, 4.69) is 12.2 Å². The zero-order valence-corrected chi connectivity index (χ0v) is 10.4. The van der Waals surface area contributed by atoms with E-state index in [1.807, 2.05) is 0 Å². The maximum Gasteiger partial charge on any atom is 0.0815 e. The monoisotopic (exact) mass is 227 g/mol. The Kier molecular flexibility index (Phi) is 4.22. The topological polar surface area (TPSA) is 41.5 Å². The molecule has 1 aliphatic carbocycles. The minimum Gasteiger partial charge on any atom is -0.388 e. The largest absolute Gasteiger partial charge is 0.388 e. The molecular weight excluding hydrogens is 202 g/mol. The Balaban J connectivity index is 1.64. The minimum atomic E-state index is -0.522. The van der Waals surface area contributed by atoms with E-state index in [9.17, 15) is 5.11 Å². The van der Waals surface area contributed by atoms with Gasteiger partial charge in [0.2, 0.25) is 0 Å². The van der Waals surface area contributed by atoms with Gasteiger partial charge >= 0.3 is 0 Å². The first-order valence-electron chi connectivity index (χ1n) is 6.71. The van der Waals surface area contributed by atoms with Gasteiger partial charge in [-0.15, -0.1) is 0 Å². The molecule has 1 saturated carbocycles. The number of aliphatic hydroxyl groups is 1. The van der Waals surface area contributed by atoms with E-state index in [0.717, 1.165) is 25.3 Å². The molecule has 2 fully saturated rings. The molecule has 94 valence electrons. The molecule has 3 heteroatoms. The lowest BCUT2D eigenvalue weighted by molar-refractivity contribution is -0.0629. The first-order chi connectivity index (χ1) is 7.68. The van der Waals surface area contributed by atoms with Gasteiger partial charge in [0, 0.05) is 38.6 Å². The van der Waals surface area contributed by atoms with Crippen LogP contribution in [0.1, 0.15) is 45.4 Å². The van der Waals surface area contributed by atoms with Gasteiger partial charge in [-0.25, -0.2) is 0 Å². The van der Waals surface area contributed by atoms with Gasteiger partial charge in [0.25, 0.3) is 0 Å². The molecule has 16 heavy (non-hydrogen) atoms. The van der Waals surface area contributed by atoms with Crippen LogP contribution in [0.15, 0.2) is 0 Å². The highest BCUT2D eigenvalue weighted by atomic mass is 16.5. The second-order valence-electron chi connectivity index (χ2n) is 5.65. The highest BCUT2D eigenvalue weighted by molar-refractivity contribution is 4.85. The molecule has 0 spiro atoms. The molecule has 1 heterocycles. The molecule has 1 unspecified atom stereocenters. The lowest BCUT2D eigenvalue weighted by Crippen LogP contribution is -2.47. The highest BCUT2D eigenvalue weighted by Crippen LogP contribution is 2.30. The predicted molar refractivity (Wildman–Crippen MR) is 64.4 cm³/mol. The number of hydrogen-bond donors (Lipinski definition) is 2. The normalized spacial score (nSPS) is 27.4. The van der Waals surface area contributed by atoms with Crippen LogP contribution in [0.3, 0.4) is 0 Å². The molecule has 0 aromatic rings. The lowest BCUT2D eigenvalue weighted by atomic mass is 9.81. The molecule has 2 rings (SSSR count). The quantitative estimate of drug-likeness (QED) is 0.751. The van der Waals surface area contributed by atoms with Gasteiger partial charge in [-0.3, -0.25) is 0 Å². The Morgan fingerprint density at radius 1 is 1.38 bits per heavy atom. The SMILES string of the molecule is CC(CC1CCC1)NCC1(O)CCOCC1. The molecule has 1 atom stereocenters. The van der Waals surface area contributed by atoms with Crippen LogP contribution in [0, 0.1) is 5.92 Å². The van der Waals surface area contributed by atoms with Gasteiger partial charge in [-0.05, 0) is 19.3 Å². The van der Waals surface area contributed by atoms with Crippen LogP contribution in [-0.2, 0) is 4.74 Å². The second kappa shape index (κ2) is 5.48. The smallest absolute Gasteiger partial charge is 0.0815 e. The summed E-state index contributed by atoms with van der Waals surface area (Å²) in [5.41, 5.74) is -0.522. The third-order valence-electron chi connectivity index (χ3n) is 4.11. The number of ether oxygens (including phenoxy) is 1. The lowest BCUT2D eigenvalue weighted by Gasteiger charge is -2.34. The maximum absolute atomic E-state index is 10.3. The summed E-state index contributed by atoms with van der Waals surface area (Å²) in [4.78, 5) is 0. The average Bonchev–Trinajstić information content (AvgIpc) is 2.22. The maximum atomic E-state index is 10.3. The minimum absolute atomic E-state index is 0.522. The summed E-state index contributed by atoms with van der Waals surface area (Å²) in [6.07, 6.45) is 7.05. The summed E-state index contributed by atoms with van der Waals surface area (Å²) < 4.78 is 5.28. The van der Waals surface area contributed by atoms with E-state index in [1.54, 1.807) is 0 Å². The van der Waals surface area contributed by atoms with Gasteiger partial charge in [-0.2, -0.15) is 0 Å². The standard InChI is InChI=1S/C13H25NO2/c1-11(9-12-3-2-4-12)14-10-13(15)5-7-16-8-6-13/h11-12,14-15H,2-10H2,1H3. The first kappa shape index (κ1) is 12.3. The van der Waals surface area contributed by atoms with Crippen LogP contribution in [0.25, 0.3) is 0 Å². The van der Waals surface area contributed by atoms with Gasteiger partial charge in [0.05, 0.1) is 5.60 Å². The van der Waals surface area contributed by atoms with Crippen molar-refractivity contribution >= 4 is 0 Å². The molecule has 1 saturated heterocycles. The third-order valence-corrected chi connectivity index (χ3v) is 4.11. The summed E-state index contributed by atoms with van der Waals surface area (Å²) in [6.45, 7) is 4.37. The van der Waals surface area contributed by atoms with Crippen LogP contribution in [0.4, 0.5) is 0 Å². The predicted octanol–water partition coefficient (Wildman–Crippen LogP) is 1.70. The van der Waals surface area contributed by atoms with Crippen LogP contribution in [0.2, 0.25) is 0 Å². The molecule has 0 bridgehead atoms. The van der Waals surface area contributed by atoms with Crippen molar-refractivity contribution in [3.63, 3.8) is 0 Å². The van der Waals surface area contributed by atoms with Crippen molar-refractivity contribution in [1.29, 1.82) is 0 Å². The third kappa shape index (κ3) is 3.44. The molecule has 0 radical (unpaired) electrons. The fraction of sp³-hybridized carbons (Fsp3) is 1.00. The van der Waals surface area contributed by atoms with Gasteiger partial charge < -0.3 is 15.2 Å². The fourth-order valence-electron chi connectivity index (χ4n) is 2.60. The molecule has 0 aromatic heterocycles. The van der Waals surface area contributed by atoms with Gasteiger partial charge in [0.1, 0.15) is 0 Å². The average molecular weight is 227 g/mol. The Morgan fingerprint density at radius 2 is 2.06 bits per heavy atom. The Labute approximate surface area is 98.6 Å². The Hall–Kier alpha value is -0.120. The molecule has 2 aliphatic rings.